The van der Waals surface area contributed by atoms with Gasteiger partial charge in [-0.1, -0.05) is 43.8 Å². The largest absolute Gasteiger partial charge is 0.337 e. The van der Waals surface area contributed by atoms with E-state index >= 15 is 0 Å². The number of nitrogens with zero attached hydrogens (tertiary/aromatic N) is 3. The maximum Gasteiger partial charge on any atom is 0.231 e. The molecule has 0 bridgehead atoms. The number of hydrogen-bond donors (Lipinski definition) is 1. The average molecular weight is 383 g/mol. The molecule has 0 radical (unpaired) electrons. The molecule has 1 N–H and O–H groups in total. The molecule has 1 heterocycles. The van der Waals surface area contributed by atoms with Crippen LogP contribution < -0.4 is 5.32 Å². The fourth-order valence-electron chi connectivity index (χ4n) is 3.21. The van der Waals surface area contributed by atoms with Crippen molar-refractivity contribution in [1.82, 2.24) is 14.9 Å². The highest BCUT2D eigenvalue weighted by atomic mass is 32.2. The van der Waals surface area contributed by atoms with Crippen LogP contribution in [0.2, 0.25) is 0 Å². The smallest absolute Gasteiger partial charge is 0.231 e. The second-order valence-electron chi connectivity index (χ2n) is 7.47. The van der Waals surface area contributed by atoms with E-state index in [1.165, 1.54) is 23.9 Å². The van der Waals surface area contributed by atoms with Crippen LogP contribution in [0.1, 0.15) is 45.0 Å². The van der Waals surface area contributed by atoms with Gasteiger partial charge >= 0.3 is 0 Å². The first kappa shape index (κ1) is 19.5. The van der Waals surface area contributed by atoms with Gasteiger partial charge in [-0.05, 0) is 50.7 Å². The summed E-state index contributed by atoms with van der Waals surface area (Å²) >= 11 is 1.44. The van der Waals surface area contributed by atoms with Crippen molar-refractivity contribution in [2.45, 2.75) is 57.1 Å². The molecule has 0 saturated carbocycles. The summed E-state index contributed by atoms with van der Waals surface area (Å²) in [6.45, 7) is 5.64. The molecule has 1 aliphatic carbocycles. The van der Waals surface area contributed by atoms with Crippen molar-refractivity contribution in [2.75, 3.05) is 5.75 Å². The predicted molar refractivity (Wildman–Crippen MR) is 108 cm³/mol. The van der Waals surface area contributed by atoms with Crippen LogP contribution in [0.5, 0.6) is 0 Å². The van der Waals surface area contributed by atoms with Crippen molar-refractivity contribution in [3.05, 3.63) is 41.7 Å². The molecule has 0 fully saturated rings. The van der Waals surface area contributed by atoms with Crippen molar-refractivity contribution in [3.8, 4) is 11.8 Å². The van der Waals surface area contributed by atoms with Gasteiger partial charge in [0.2, 0.25) is 5.91 Å². The summed E-state index contributed by atoms with van der Waals surface area (Å²) in [6, 6.07) is 12.4. The number of carbonyl (C=O) groups excluding carboxylic acids is 1. The summed E-state index contributed by atoms with van der Waals surface area (Å²) in [5.74, 6) is 0.139. The van der Waals surface area contributed by atoms with Crippen molar-refractivity contribution in [2.24, 2.45) is 5.92 Å². The molecule has 1 aromatic heterocycles. The van der Waals surface area contributed by atoms with Gasteiger partial charge in [0, 0.05) is 11.4 Å². The average Bonchev–Trinajstić information content (AvgIpc) is 3.05. The molecule has 6 heteroatoms. The maximum atomic E-state index is 12.5. The van der Waals surface area contributed by atoms with Crippen LogP contribution in [0.3, 0.4) is 0 Å². The van der Waals surface area contributed by atoms with Crippen LogP contribution in [0.15, 0.2) is 35.5 Å². The molecule has 2 aromatic rings. The molecule has 1 aliphatic rings. The lowest BCUT2D eigenvalue weighted by atomic mass is 9.90. The van der Waals surface area contributed by atoms with Gasteiger partial charge in [0.1, 0.15) is 5.54 Å². The van der Waals surface area contributed by atoms with Gasteiger partial charge in [-0.15, -0.1) is 0 Å². The highest BCUT2D eigenvalue weighted by molar-refractivity contribution is 7.99. The minimum atomic E-state index is -0.855. The van der Waals surface area contributed by atoms with Gasteiger partial charge in [-0.2, -0.15) is 5.26 Å². The number of imidazole rings is 1. The number of nitrogens with one attached hydrogen (secondary N) is 1. The quantitative estimate of drug-likeness (QED) is 0.769. The first-order valence-corrected chi connectivity index (χ1v) is 10.4. The topological polar surface area (TPSA) is 70.7 Å². The van der Waals surface area contributed by atoms with E-state index in [-0.39, 0.29) is 17.6 Å². The second kappa shape index (κ2) is 8.18. The van der Waals surface area contributed by atoms with Gasteiger partial charge in [0.15, 0.2) is 5.16 Å². The number of carbonyl (C=O) groups is 1. The van der Waals surface area contributed by atoms with Gasteiger partial charge in [0.25, 0.3) is 0 Å². The highest BCUT2D eigenvalue weighted by Crippen LogP contribution is 2.30. The van der Waals surface area contributed by atoms with E-state index in [1.807, 2.05) is 32.0 Å². The number of nitriles is 1. The van der Waals surface area contributed by atoms with Crippen molar-refractivity contribution < 1.29 is 4.79 Å². The molecule has 1 amide bonds. The fraction of sp³-hybridized carbons (Fsp3) is 0.476. The van der Waals surface area contributed by atoms with Crippen molar-refractivity contribution in [1.29, 1.82) is 5.26 Å². The Balaban J connectivity index is 1.80. The van der Waals surface area contributed by atoms with E-state index in [2.05, 4.69) is 28.1 Å². The third-order valence-corrected chi connectivity index (χ3v) is 6.17. The molecule has 0 aliphatic heterocycles. The number of aryl methyl sites for hydroxylation is 1. The summed E-state index contributed by atoms with van der Waals surface area (Å²) in [5.41, 5.74) is 2.64. The fourth-order valence-corrected chi connectivity index (χ4v) is 4.06. The monoisotopic (exact) mass is 382 g/mol. The molecule has 0 spiro atoms. The number of rotatable bonds is 6. The normalized spacial score (nSPS) is 15.7. The van der Waals surface area contributed by atoms with E-state index in [1.54, 1.807) is 6.92 Å². The van der Waals surface area contributed by atoms with Crippen molar-refractivity contribution in [3.63, 3.8) is 0 Å². The number of thioether (sulfide) groups is 1. The third kappa shape index (κ3) is 4.19. The van der Waals surface area contributed by atoms with E-state index in [0.717, 1.165) is 35.8 Å². The molecule has 1 unspecified atom stereocenters. The van der Waals surface area contributed by atoms with Gasteiger partial charge < -0.3 is 5.32 Å². The number of benzene rings is 1. The summed E-state index contributed by atoms with van der Waals surface area (Å²) in [6.07, 6.45) is 4.35. The van der Waals surface area contributed by atoms with Crippen LogP contribution in [0, 0.1) is 17.2 Å². The molecule has 27 heavy (non-hydrogen) atoms. The zero-order chi connectivity index (χ0) is 19.4. The van der Waals surface area contributed by atoms with Crippen LogP contribution in [-0.2, 0) is 17.6 Å². The van der Waals surface area contributed by atoms with Gasteiger partial charge in [0.05, 0.1) is 17.5 Å². The zero-order valence-electron chi connectivity index (χ0n) is 16.2. The Bertz CT molecular complexity index is 853. The molecule has 3 rings (SSSR count). The lowest BCUT2D eigenvalue weighted by molar-refractivity contribution is -0.120. The molecular weight excluding hydrogens is 356 g/mol. The predicted octanol–water partition coefficient (Wildman–Crippen LogP) is 3.90. The van der Waals surface area contributed by atoms with Crippen LogP contribution in [0.4, 0.5) is 0 Å². The summed E-state index contributed by atoms with van der Waals surface area (Å²) in [4.78, 5) is 17.3. The lowest BCUT2D eigenvalue weighted by Crippen LogP contribution is -2.49. The van der Waals surface area contributed by atoms with Gasteiger partial charge in [-0.3, -0.25) is 9.36 Å². The van der Waals surface area contributed by atoms with Crippen LogP contribution in [0.25, 0.3) is 5.69 Å². The molecule has 0 saturated heterocycles. The Morgan fingerprint density at radius 2 is 2.04 bits per heavy atom. The highest BCUT2D eigenvalue weighted by Gasteiger charge is 2.30. The Morgan fingerprint density at radius 1 is 1.33 bits per heavy atom. The van der Waals surface area contributed by atoms with Crippen LogP contribution in [-0.4, -0.2) is 26.8 Å². The third-order valence-electron chi connectivity index (χ3n) is 5.23. The molecule has 5 nitrogen and oxygen atoms in total. The molecule has 1 atom stereocenters. The maximum absolute atomic E-state index is 12.5. The standard InChI is InChI=1S/C21H26N4OS/c1-15(2)21(3,14-22)24-19(26)13-27-20-23-17-11-7-8-12-18(17)25(20)16-9-5-4-6-10-16/h4-6,9-10,15H,7-8,11-13H2,1-3H3,(H,24,26). The van der Waals surface area contributed by atoms with E-state index in [4.69, 9.17) is 4.98 Å². The van der Waals surface area contributed by atoms with E-state index in [9.17, 15) is 10.1 Å². The molecular formula is C21H26N4OS. The Kier molecular flexibility index (Phi) is 5.91. The summed E-state index contributed by atoms with van der Waals surface area (Å²) in [5, 5.41) is 13.1. The first-order chi connectivity index (χ1) is 12.9. The second-order valence-corrected chi connectivity index (χ2v) is 8.41. The molecule has 1 aromatic carbocycles. The molecule has 142 valence electrons. The first-order valence-electron chi connectivity index (χ1n) is 9.45. The van der Waals surface area contributed by atoms with Gasteiger partial charge in [-0.25, -0.2) is 4.98 Å². The van der Waals surface area contributed by atoms with E-state index in [0.29, 0.717) is 0 Å². The Labute approximate surface area is 165 Å². The van der Waals surface area contributed by atoms with E-state index < -0.39 is 5.54 Å². The lowest BCUT2D eigenvalue weighted by Gasteiger charge is -2.27. The summed E-state index contributed by atoms with van der Waals surface area (Å²) in [7, 11) is 0. The number of fused-ring (bicyclic) bond motifs is 1. The minimum Gasteiger partial charge on any atom is -0.337 e. The van der Waals surface area contributed by atoms with Crippen LogP contribution >= 0.6 is 11.8 Å². The zero-order valence-corrected chi connectivity index (χ0v) is 17.0. The number of para-hydroxylation sites is 1. The SMILES string of the molecule is CC(C)C(C)(C#N)NC(=O)CSc1nc2c(n1-c1ccccc1)CCCC2. The number of amides is 1. The number of hydrogen-bond acceptors (Lipinski definition) is 4. The minimum absolute atomic E-state index is 0.0371. The Morgan fingerprint density at radius 3 is 2.70 bits per heavy atom. The van der Waals surface area contributed by atoms with Crippen molar-refractivity contribution >= 4 is 17.7 Å². The number of aromatic nitrogens is 2. The Hall–Kier alpha value is -2.26. The summed E-state index contributed by atoms with van der Waals surface area (Å²) < 4.78 is 2.19.